The van der Waals surface area contributed by atoms with E-state index >= 15 is 0 Å². The van der Waals surface area contributed by atoms with Gasteiger partial charge in [0.2, 0.25) is 5.89 Å². The lowest BCUT2D eigenvalue weighted by Gasteiger charge is -2.12. The molecule has 0 saturated carbocycles. The minimum absolute atomic E-state index is 0.157. The fraction of sp³-hybridized carbons (Fsp3) is 0.100. The van der Waals surface area contributed by atoms with Crippen molar-refractivity contribution in [1.82, 2.24) is 15.1 Å². The Labute approximate surface area is 169 Å². The van der Waals surface area contributed by atoms with Crippen LogP contribution in [-0.4, -0.2) is 51.9 Å². The average Bonchev–Trinajstić information content (AvgIpc) is 3.32. The molecule has 150 valence electrons. The molecule has 10 heteroatoms. The first-order valence-corrected chi connectivity index (χ1v) is 8.82. The quantitative estimate of drug-likeness (QED) is 0.481. The molecule has 0 radical (unpaired) electrons. The van der Waals surface area contributed by atoms with Crippen molar-refractivity contribution in [3.8, 4) is 11.5 Å². The normalized spacial score (nSPS) is 12.6. The van der Waals surface area contributed by atoms with Crippen molar-refractivity contribution in [2.75, 3.05) is 18.5 Å². The summed E-state index contributed by atoms with van der Waals surface area (Å²) >= 11 is 0. The van der Waals surface area contributed by atoms with Gasteiger partial charge in [0, 0.05) is 5.56 Å². The van der Waals surface area contributed by atoms with Crippen LogP contribution in [0, 0.1) is 0 Å². The number of hydrogen-bond acceptors (Lipinski definition) is 8. The molecular weight excluding hydrogens is 392 g/mol. The highest BCUT2D eigenvalue weighted by Crippen LogP contribution is 2.22. The van der Waals surface area contributed by atoms with Crippen molar-refractivity contribution >= 4 is 29.7 Å². The van der Waals surface area contributed by atoms with Gasteiger partial charge in [0.25, 0.3) is 17.7 Å². The van der Waals surface area contributed by atoms with Crippen LogP contribution in [-0.2, 0) is 14.3 Å². The zero-order chi connectivity index (χ0) is 21.1. The van der Waals surface area contributed by atoms with Gasteiger partial charge in [-0.3, -0.25) is 29.4 Å². The molecule has 0 spiro atoms. The van der Waals surface area contributed by atoms with Crippen molar-refractivity contribution in [2.24, 2.45) is 0 Å². The predicted octanol–water partition coefficient (Wildman–Crippen LogP) is 1.51. The van der Waals surface area contributed by atoms with Gasteiger partial charge in [-0.05, 0) is 24.3 Å². The molecule has 2 aromatic carbocycles. The van der Waals surface area contributed by atoms with E-state index in [0.717, 1.165) is 4.90 Å². The number of nitrogens with one attached hydrogen (secondary N) is 1. The smallest absolute Gasteiger partial charge is 0.326 e. The number of hydrogen-bond donors (Lipinski definition) is 1. The summed E-state index contributed by atoms with van der Waals surface area (Å²) < 4.78 is 10.2. The number of carbonyl (C=O) groups is 4. The Morgan fingerprint density at radius 2 is 1.57 bits per heavy atom. The van der Waals surface area contributed by atoms with Gasteiger partial charge in [-0.1, -0.05) is 35.4 Å². The summed E-state index contributed by atoms with van der Waals surface area (Å²) in [6.07, 6.45) is 0. The number of carbonyl (C=O) groups excluding carboxylic acids is 4. The SMILES string of the molecule is O=C(COC(=O)CN1C(=O)c2ccccc2C1=O)Nc1nnc(-c2ccccc2)o1. The molecule has 0 unspecified atom stereocenters. The molecule has 10 nitrogen and oxygen atoms in total. The molecule has 2 heterocycles. The van der Waals surface area contributed by atoms with Crippen molar-refractivity contribution in [2.45, 2.75) is 0 Å². The predicted molar refractivity (Wildman–Crippen MR) is 101 cm³/mol. The Balaban J connectivity index is 1.29. The molecule has 0 fully saturated rings. The monoisotopic (exact) mass is 406 g/mol. The third kappa shape index (κ3) is 3.78. The molecule has 1 N–H and O–H groups in total. The van der Waals surface area contributed by atoms with Gasteiger partial charge in [0.05, 0.1) is 11.1 Å². The number of aromatic nitrogens is 2. The maximum Gasteiger partial charge on any atom is 0.326 e. The van der Waals surface area contributed by atoms with Crippen LogP contribution < -0.4 is 5.32 Å². The number of nitrogens with zero attached hydrogens (tertiary/aromatic N) is 3. The van der Waals surface area contributed by atoms with Gasteiger partial charge in [-0.2, -0.15) is 0 Å². The first kappa shape index (κ1) is 19.0. The molecule has 1 aliphatic rings. The van der Waals surface area contributed by atoms with Crippen LogP contribution in [0.4, 0.5) is 6.01 Å². The van der Waals surface area contributed by atoms with E-state index in [4.69, 9.17) is 9.15 Å². The second kappa shape index (κ2) is 7.95. The molecule has 0 bridgehead atoms. The molecule has 1 aliphatic heterocycles. The minimum atomic E-state index is -0.907. The number of fused-ring (bicyclic) bond motifs is 1. The Morgan fingerprint density at radius 3 is 2.23 bits per heavy atom. The van der Waals surface area contributed by atoms with Crippen molar-refractivity contribution in [3.05, 3.63) is 65.7 Å². The molecule has 0 aliphatic carbocycles. The number of rotatable bonds is 6. The summed E-state index contributed by atoms with van der Waals surface area (Å²) in [4.78, 5) is 49.2. The van der Waals surface area contributed by atoms with Crippen molar-refractivity contribution < 1.29 is 28.3 Å². The van der Waals surface area contributed by atoms with Crippen LogP contribution in [0.1, 0.15) is 20.7 Å². The highest BCUT2D eigenvalue weighted by atomic mass is 16.5. The molecular formula is C20H14N4O6. The van der Waals surface area contributed by atoms with Crippen LogP contribution >= 0.6 is 0 Å². The number of anilines is 1. The van der Waals surface area contributed by atoms with Gasteiger partial charge in [0.15, 0.2) is 6.61 Å². The molecule has 30 heavy (non-hydrogen) atoms. The Kier molecular flexibility index (Phi) is 5.04. The summed E-state index contributed by atoms with van der Waals surface area (Å²) in [5.74, 6) is -2.58. The first-order valence-electron chi connectivity index (χ1n) is 8.82. The minimum Gasteiger partial charge on any atom is -0.454 e. The highest BCUT2D eigenvalue weighted by Gasteiger charge is 2.36. The number of amides is 3. The summed E-state index contributed by atoms with van der Waals surface area (Å²) in [5, 5.41) is 9.83. The Hall–Kier alpha value is -4.34. The van der Waals surface area contributed by atoms with E-state index < -0.39 is 36.8 Å². The maximum atomic E-state index is 12.2. The fourth-order valence-corrected chi connectivity index (χ4v) is 2.83. The van der Waals surface area contributed by atoms with E-state index in [9.17, 15) is 19.2 Å². The topological polar surface area (TPSA) is 132 Å². The average molecular weight is 406 g/mol. The van der Waals surface area contributed by atoms with Gasteiger partial charge in [0.1, 0.15) is 6.54 Å². The molecule has 0 atom stereocenters. The van der Waals surface area contributed by atoms with Crippen molar-refractivity contribution in [1.29, 1.82) is 0 Å². The van der Waals surface area contributed by atoms with Crippen LogP contribution in [0.3, 0.4) is 0 Å². The number of esters is 1. The van der Waals surface area contributed by atoms with Crippen molar-refractivity contribution in [3.63, 3.8) is 0 Å². The van der Waals surface area contributed by atoms with Gasteiger partial charge in [-0.15, -0.1) is 5.10 Å². The van der Waals surface area contributed by atoms with E-state index in [-0.39, 0.29) is 23.0 Å². The summed E-state index contributed by atoms with van der Waals surface area (Å²) in [6.45, 7) is -1.25. The molecule has 0 saturated heterocycles. The van der Waals surface area contributed by atoms with Gasteiger partial charge in [-0.25, -0.2) is 0 Å². The Bertz CT molecular complexity index is 1110. The number of benzene rings is 2. The number of ether oxygens (including phenoxy) is 1. The zero-order valence-corrected chi connectivity index (χ0v) is 15.4. The van der Waals surface area contributed by atoms with E-state index in [1.807, 2.05) is 6.07 Å². The lowest BCUT2D eigenvalue weighted by Crippen LogP contribution is -2.36. The van der Waals surface area contributed by atoms with E-state index in [2.05, 4.69) is 15.5 Å². The summed E-state index contributed by atoms with van der Waals surface area (Å²) in [7, 11) is 0. The maximum absolute atomic E-state index is 12.2. The zero-order valence-electron chi connectivity index (χ0n) is 15.4. The van der Waals surface area contributed by atoms with Gasteiger partial charge < -0.3 is 9.15 Å². The molecule has 3 amide bonds. The van der Waals surface area contributed by atoms with Crippen LogP contribution in [0.25, 0.3) is 11.5 Å². The summed E-state index contributed by atoms with van der Waals surface area (Å²) in [6, 6.07) is 15.0. The third-order valence-electron chi connectivity index (χ3n) is 4.22. The van der Waals surface area contributed by atoms with E-state index in [0.29, 0.717) is 5.56 Å². The number of imide groups is 1. The first-order chi connectivity index (χ1) is 14.5. The Morgan fingerprint density at radius 1 is 0.933 bits per heavy atom. The van der Waals surface area contributed by atoms with E-state index in [1.54, 1.807) is 36.4 Å². The van der Waals surface area contributed by atoms with Gasteiger partial charge >= 0.3 is 12.0 Å². The van der Waals surface area contributed by atoms with Crippen LogP contribution in [0.5, 0.6) is 0 Å². The standard InChI is InChI=1S/C20H14N4O6/c25-15(21-20-23-22-17(30-20)12-6-2-1-3-7-12)11-29-16(26)10-24-18(27)13-8-4-5-9-14(13)19(24)28/h1-9H,10-11H2,(H,21,23,25). The van der Waals surface area contributed by atoms with Crippen LogP contribution in [0.2, 0.25) is 0 Å². The molecule has 3 aromatic rings. The molecule has 4 rings (SSSR count). The van der Waals surface area contributed by atoms with Crippen LogP contribution in [0.15, 0.2) is 59.0 Å². The van der Waals surface area contributed by atoms with E-state index in [1.165, 1.54) is 12.1 Å². The lowest BCUT2D eigenvalue weighted by atomic mass is 10.1. The lowest BCUT2D eigenvalue weighted by molar-refractivity contribution is -0.147. The largest absolute Gasteiger partial charge is 0.454 e. The third-order valence-corrected chi connectivity index (χ3v) is 4.22. The molecule has 1 aromatic heterocycles. The second-order valence-corrected chi connectivity index (χ2v) is 6.23. The highest BCUT2D eigenvalue weighted by molar-refractivity contribution is 6.22. The fourth-order valence-electron chi connectivity index (χ4n) is 2.83. The summed E-state index contributed by atoms with van der Waals surface area (Å²) in [5.41, 5.74) is 1.12. The second-order valence-electron chi connectivity index (χ2n) is 6.23.